The molecule has 86 valence electrons. The van der Waals surface area contributed by atoms with E-state index in [9.17, 15) is 4.39 Å². The zero-order valence-electron chi connectivity index (χ0n) is 9.24. The third-order valence-corrected chi connectivity index (χ3v) is 3.12. The Morgan fingerprint density at radius 2 is 1.29 bits per heavy atom. The van der Waals surface area contributed by atoms with E-state index in [1.165, 1.54) is 17.7 Å². The zero-order chi connectivity index (χ0) is 12.1. The molecule has 2 heteroatoms. The summed E-state index contributed by atoms with van der Waals surface area (Å²) in [6.45, 7) is 0. The SMILES string of the molecule is Fc1ccc(C=Cc2ccc(CBr)cc2)cc1. The molecule has 0 radical (unpaired) electrons. The van der Waals surface area contributed by atoms with E-state index in [1.807, 2.05) is 12.2 Å². The van der Waals surface area contributed by atoms with Crippen LogP contribution >= 0.6 is 15.9 Å². The van der Waals surface area contributed by atoms with Crippen LogP contribution in [-0.2, 0) is 5.33 Å². The van der Waals surface area contributed by atoms with E-state index in [4.69, 9.17) is 0 Å². The lowest BCUT2D eigenvalue weighted by Gasteiger charge is -1.97. The van der Waals surface area contributed by atoms with Gasteiger partial charge in [-0.3, -0.25) is 0 Å². The zero-order valence-corrected chi connectivity index (χ0v) is 10.8. The number of rotatable bonds is 3. The fraction of sp³-hybridized carbons (Fsp3) is 0.0667. The van der Waals surface area contributed by atoms with Gasteiger partial charge in [-0.1, -0.05) is 64.5 Å². The second-order valence-corrected chi connectivity index (χ2v) is 4.32. The lowest BCUT2D eigenvalue weighted by molar-refractivity contribution is 0.628. The summed E-state index contributed by atoms with van der Waals surface area (Å²) in [5.41, 5.74) is 3.39. The molecule has 0 atom stereocenters. The van der Waals surface area contributed by atoms with E-state index >= 15 is 0 Å². The number of benzene rings is 2. The summed E-state index contributed by atoms with van der Waals surface area (Å²) in [4.78, 5) is 0. The molecule has 2 aromatic carbocycles. The summed E-state index contributed by atoms with van der Waals surface area (Å²) in [5.74, 6) is -0.205. The van der Waals surface area contributed by atoms with Gasteiger partial charge in [0.2, 0.25) is 0 Å². The van der Waals surface area contributed by atoms with Crippen molar-refractivity contribution in [2.45, 2.75) is 5.33 Å². The first kappa shape index (κ1) is 12.1. The third kappa shape index (κ3) is 3.53. The minimum absolute atomic E-state index is 0.205. The van der Waals surface area contributed by atoms with Crippen LogP contribution in [0.15, 0.2) is 48.5 Å². The maximum Gasteiger partial charge on any atom is 0.123 e. The Labute approximate surface area is 109 Å². The molecule has 0 amide bonds. The van der Waals surface area contributed by atoms with E-state index < -0.39 is 0 Å². The molecule has 0 aliphatic rings. The quantitative estimate of drug-likeness (QED) is 0.558. The van der Waals surface area contributed by atoms with E-state index in [2.05, 4.69) is 40.2 Å². The van der Waals surface area contributed by atoms with Gasteiger partial charge in [0.1, 0.15) is 5.82 Å². The minimum atomic E-state index is -0.205. The van der Waals surface area contributed by atoms with E-state index in [0.717, 1.165) is 16.5 Å². The average Bonchev–Trinajstić information content (AvgIpc) is 2.39. The van der Waals surface area contributed by atoms with Gasteiger partial charge in [-0.25, -0.2) is 4.39 Å². The van der Waals surface area contributed by atoms with Crippen molar-refractivity contribution in [3.05, 3.63) is 71.0 Å². The Morgan fingerprint density at radius 3 is 1.76 bits per heavy atom. The van der Waals surface area contributed by atoms with Crippen molar-refractivity contribution in [1.29, 1.82) is 0 Å². The minimum Gasteiger partial charge on any atom is -0.207 e. The monoisotopic (exact) mass is 290 g/mol. The molecule has 0 heterocycles. The number of hydrogen-bond acceptors (Lipinski definition) is 0. The van der Waals surface area contributed by atoms with Gasteiger partial charge in [0.15, 0.2) is 0 Å². The molecule has 0 aliphatic heterocycles. The predicted octanol–water partition coefficient (Wildman–Crippen LogP) is 4.89. The Morgan fingerprint density at radius 1 is 0.824 bits per heavy atom. The molecule has 2 rings (SSSR count). The number of hydrogen-bond donors (Lipinski definition) is 0. The summed E-state index contributed by atoms with van der Waals surface area (Å²) in [5, 5.41) is 0.870. The van der Waals surface area contributed by atoms with Gasteiger partial charge in [0, 0.05) is 5.33 Å². The summed E-state index contributed by atoms with van der Waals surface area (Å²) >= 11 is 3.41. The Balaban J connectivity index is 2.11. The van der Waals surface area contributed by atoms with Gasteiger partial charge in [0.25, 0.3) is 0 Å². The first-order valence-electron chi connectivity index (χ1n) is 5.36. The highest BCUT2D eigenvalue weighted by Crippen LogP contribution is 2.12. The van der Waals surface area contributed by atoms with Gasteiger partial charge in [-0.15, -0.1) is 0 Å². The van der Waals surface area contributed by atoms with Crippen LogP contribution < -0.4 is 0 Å². The molecule has 17 heavy (non-hydrogen) atoms. The molecular formula is C15H12BrF. The fourth-order valence-corrected chi connectivity index (χ4v) is 1.86. The van der Waals surface area contributed by atoms with E-state index in [0.29, 0.717) is 0 Å². The highest BCUT2D eigenvalue weighted by molar-refractivity contribution is 9.08. The molecule has 0 fully saturated rings. The average molecular weight is 291 g/mol. The Bertz CT molecular complexity index is 497. The smallest absolute Gasteiger partial charge is 0.123 e. The van der Waals surface area contributed by atoms with Gasteiger partial charge < -0.3 is 0 Å². The van der Waals surface area contributed by atoms with Crippen LogP contribution in [0.4, 0.5) is 4.39 Å². The number of alkyl halides is 1. The molecule has 0 bridgehead atoms. The maximum atomic E-state index is 12.7. The lowest BCUT2D eigenvalue weighted by Crippen LogP contribution is -1.78. The molecule has 0 nitrogen and oxygen atoms in total. The second-order valence-electron chi connectivity index (χ2n) is 3.76. The largest absolute Gasteiger partial charge is 0.207 e. The van der Waals surface area contributed by atoms with Gasteiger partial charge in [0.05, 0.1) is 0 Å². The van der Waals surface area contributed by atoms with Crippen LogP contribution in [0.1, 0.15) is 16.7 Å². The van der Waals surface area contributed by atoms with Crippen molar-refractivity contribution >= 4 is 28.1 Å². The molecule has 0 aromatic heterocycles. The van der Waals surface area contributed by atoms with Gasteiger partial charge >= 0.3 is 0 Å². The molecule has 2 aromatic rings. The van der Waals surface area contributed by atoms with Crippen LogP contribution in [0.2, 0.25) is 0 Å². The first-order chi connectivity index (χ1) is 8.28. The normalized spacial score (nSPS) is 10.9. The Kier molecular flexibility index (Phi) is 4.10. The van der Waals surface area contributed by atoms with Crippen molar-refractivity contribution in [2.24, 2.45) is 0 Å². The molecular weight excluding hydrogens is 279 g/mol. The molecule has 0 saturated carbocycles. The van der Waals surface area contributed by atoms with Crippen molar-refractivity contribution in [3.63, 3.8) is 0 Å². The molecule has 0 saturated heterocycles. The van der Waals surface area contributed by atoms with Crippen LogP contribution in [0.25, 0.3) is 12.2 Å². The van der Waals surface area contributed by atoms with Gasteiger partial charge in [-0.2, -0.15) is 0 Å². The van der Waals surface area contributed by atoms with Gasteiger partial charge in [-0.05, 0) is 28.8 Å². The summed E-state index contributed by atoms with van der Waals surface area (Å²) in [7, 11) is 0. The standard InChI is InChI=1S/C15H12BrF/c16-11-14-5-3-12(4-6-14)1-2-13-7-9-15(17)10-8-13/h1-10H,11H2. The summed E-state index contributed by atoms with van der Waals surface area (Å²) in [6, 6.07) is 14.8. The molecule has 0 unspecified atom stereocenters. The van der Waals surface area contributed by atoms with Crippen LogP contribution in [0.5, 0.6) is 0 Å². The summed E-state index contributed by atoms with van der Waals surface area (Å²) in [6.07, 6.45) is 3.99. The second kappa shape index (κ2) is 5.78. The molecule has 0 aliphatic carbocycles. The van der Waals surface area contributed by atoms with Crippen LogP contribution in [0.3, 0.4) is 0 Å². The summed E-state index contributed by atoms with van der Waals surface area (Å²) < 4.78 is 12.7. The van der Waals surface area contributed by atoms with Crippen LogP contribution in [0, 0.1) is 5.82 Å². The maximum absolute atomic E-state index is 12.7. The fourth-order valence-electron chi connectivity index (χ4n) is 1.48. The predicted molar refractivity (Wildman–Crippen MR) is 74.4 cm³/mol. The Hall–Kier alpha value is -1.41. The van der Waals surface area contributed by atoms with E-state index in [1.54, 1.807) is 12.1 Å². The molecule has 0 spiro atoms. The third-order valence-electron chi connectivity index (χ3n) is 2.47. The van der Waals surface area contributed by atoms with Crippen molar-refractivity contribution < 1.29 is 4.39 Å². The van der Waals surface area contributed by atoms with Crippen molar-refractivity contribution in [1.82, 2.24) is 0 Å². The molecule has 0 N–H and O–H groups in total. The van der Waals surface area contributed by atoms with Crippen LogP contribution in [-0.4, -0.2) is 0 Å². The van der Waals surface area contributed by atoms with E-state index in [-0.39, 0.29) is 5.82 Å². The highest BCUT2D eigenvalue weighted by atomic mass is 79.9. The van der Waals surface area contributed by atoms with Crippen molar-refractivity contribution in [2.75, 3.05) is 0 Å². The van der Waals surface area contributed by atoms with Crippen molar-refractivity contribution in [3.8, 4) is 0 Å². The highest BCUT2D eigenvalue weighted by Gasteiger charge is 1.91. The first-order valence-corrected chi connectivity index (χ1v) is 6.48. The topological polar surface area (TPSA) is 0 Å². The lowest BCUT2D eigenvalue weighted by atomic mass is 10.1. The number of halogens is 2.